The second kappa shape index (κ2) is 5.73. The molecule has 3 aliphatic carbocycles. The first-order chi connectivity index (χ1) is 12.0. The molecule has 2 N–H and O–H groups in total. The van der Waals surface area contributed by atoms with Crippen LogP contribution in [0, 0.1) is 28.6 Å². The number of amides is 1. The van der Waals surface area contributed by atoms with E-state index in [0.29, 0.717) is 17.3 Å². The minimum absolute atomic E-state index is 0.00632. The van der Waals surface area contributed by atoms with E-state index in [9.17, 15) is 4.79 Å². The van der Waals surface area contributed by atoms with Crippen molar-refractivity contribution < 1.29 is 9.45 Å². The van der Waals surface area contributed by atoms with Crippen LogP contribution in [0.2, 0.25) is 6.32 Å². The van der Waals surface area contributed by atoms with Crippen LogP contribution in [-0.4, -0.2) is 41.9 Å². The van der Waals surface area contributed by atoms with Gasteiger partial charge in [0.2, 0.25) is 5.91 Å². The zero-order valence-corrected chi connectivity index (χ0v) is 17.5. The fraction of sp³-hybridized carbons (Fsp3) is 0.952. The fourth-order valence-electron chi connectivity index (χ4n) is 6.65. The molecule has 4 nitrogen and oxygen atoms in total. The van der Waals surface area contributed by atoms with E-state index in [1.807, 2.05) is 0 Å². The molecule has 2 unspecified atom stereocenters. The average molecular weight is 360 g/mol. The van der Waals surface area contributed by atoms with Gasteiger partial charge < -0.3 is 15.3 Å². The molecular formula is C21H37BN2O2. The first-order valence-corrected chi connectivity index (χ1v) is 10.7. The van der Waals surface area contributed by atoms with E-state index in [-0.39, 0.29) is 29.8 Å². The lowest BCUT2D eigenvalue weighted by atomic mass is 9.41. The van der Waals surface area contributed by atoms with Crippen LogP contribution in [0.1, 0.15) is 67.2 Å². The van der Waals surface area contributed by atoms with Crippen molar-refractivity contribution in [2.45, 2.75) is 91.1 Å². The molecule has 26 heavy (non-hydrogen) atoms. The number of rotatable bonds is 2. The predicted molar refractivity (Wildman–Crippen MR) is 106 cm³/mol. The first-order valence-electron chi connectivity index (χ1n) is 10.7. The van der Waals surface area contributed by atoms with Gasteiger partial charge in [0.15, 0.2) is 0 Å². The minimum atomic E-state index is -0.436. The Kier molecular flexibility index (Phi) is 4.14. The quantitative estimate of drug-likeness (QED) is 0.769. The third-order valence-electron chi connectivity index (χ3n) is 8.67. The molecule has 0 radical (unpaired) electrons. The summed E-state index contributed by atoms with van der Waals surface area (Å²) >= 11 is 0. The Labute approximate surface area is 159 Å². The van der Waals surface area contributed by atoms with E-state index in [2.05, 4.69) is 46.4 Å². The van der Waals surface area contributed by atoms with Crippen molar-refractivity contribution >= 4 is 12.8 Å². The van der Waals surface area contributed by atoms with Gasteiger partial charge in [0.05, 0.1) is 11.6 Å². The van der Waals surface area contributed by atoms with Crippen LogP contribution >= 0.6 is 0 Å². The highest BCUT2D eigenvalue weighted by molar-refractivity contribution is 6.55. The normalized spacial score (nSPS) is 42.4. The van der Waals surface area contributed by atoms with Gasteiger partial charge in [-0.2, -0.15) is 0 Å². The van der Waals surface area contributed by atoms with Crippen LogP contribution in [0.15, 0.2) is 0 Å². The van der Waals surface area contributed by atoms with Gasteiger partial charge in [-0.05, 0) is 67.5 Å². The largest absolute Gasteiger partial charge is 0.428 e. The van der Waals surface area contributed by atoms with Gasteiger partial charge in [-0.1, -0.05) is 34.6 Å². The lowest BCUT2D eigenvalue weighted by Gasteiger charge is -2.65. The molecule has 0 aromatic rings. The topological polar surface area (TPSA) is 55.6 Å². The lowest BCUT2D eigenvalue weighted by Crippen LogP contribution is -2.63. The molecule has 2 aliphatic heterocycles. The number of nitrogens with two attached hydrogens (primary N) is 1. The van der Waals surface area contributed by atoms with Crippen LogP contribution in [0.3, 0.4) is 0 Å². The van der Waals surface area contributed by atoms with Crippen LogP contribution < -0.4 is 5.73 Å². The highest BCUT2D eigenvalue weighted by Gasteiger charge is 2.67. The van der Waals surface area contributed by atoms with Crippen molar-refractivity contribution in [1.29, 1.82) is 0 Å². The smallest absolute Gasteiger partial charge is 0.317 e. The molecular weight excluding hydrogens is 323 g/mol. The summed E-state index contributed by atoms with van der Waals surface area (Å²) in [5.74, 6) is 2.54. The molecule has 0 aromatic heterocycles. The highest BCUT2D eigenvalue weighted by Crippen LogP contribution is 2.68. The average Bonchev–Trinajstić information content (AvgIpc) is 3.14. The summed E-state index contributed by atoms with van der Waals surface area (Å²) in [7, 11) is 0. The van der Waals surface area contributed by atoms with Gasteiger partial charge in [-0.25, -0.2) is 0 Å². The van der Waals surface area contributed by atoms with E-state index < -0.39 is 6.04 Å². The molecule has 3 saturated carbocycles. The van der Waals surface area contributed by atoms with Gasteiger partial charge >= 0.3 is 6.92 Å². The molecule has 0 aromatic carbocycles. The Balaban J connectivity index is 1.51. The van der Waals surface area contributed by atoms with E-state index >= 15 is 0 Å². The number of carbonyl (C=O) groups excluding carboxylic acids is 1. The summed E-state index contributed by atoms with van der Waals surface area (Å²) in [6.45, 7) is 14.4. The van der Waals surface area contributed by atoms with E-state index in [0.717, 1.165) is 31.6 Å². The molecule has 5 rings (SSSR count). The summed E-state index contributed by atoms with van der Waals surface area (Å²) < 4.78 is 6.83. The van der Waals surface area contributed by atoms with Crippen molar-refractivity contribution in [2.75, 3.05) is 6.54 Å². The molecule has 1 amide bonds. The molecule has 0 spiro atoms. The molecule has 5 heteroatoms. The minimum Gasteiger partial charge on any atom is -0.428 e. The molecule has 5 fully saturated rings. The summed E-state index contributed by atoms with van der Waals surface area (Å²) in [6, 6.07) is -0.436. The van der Waals surface area contributed by atoms with Crippen molar-refractivity contribution in [1.82, 2.24) is 4.90 Å². The Morgan fingerprint density at radius 2 is 1.92 bits per heavy atom. The van der Waals surface area contributed by atoms with Crippen molar-refractivity contribution in [3.63, 3.8) is 0 Å². The van der Waals surface area contributed by atoms with Crippen molar-refractivity contribution in [3.8, 4) is 0 Å². The van der Waals surface area contributed by atoms with Gasteiger partial charge in [0, 0.05) is 12.5 Å². The predicted octanol–water partition coefficient (Wildman–Crippen LogP) is 3.35. The Morgan fingerprint density at radius 3 is 2.54 bits per heavy atom. The fourth-order valence-corrected chi connectivity index (χ4v) is 6.65. The van der Waals surface area contributed by atoms with Crippen LogP contribution in [0.5, 0.6) is 0 Å². The number of nitrogens with zero attached hydrogens (tertiary/aromatic N) is 1. The zero-order chi connectivity index (χ0) is 19.1. The third-order valence-corrected chi connectivity index (χ3v) is 8.67. The molecule has 2 saturated heterocycles. The number of hydrogen-bond donors (Lipinski definition) is 1. The first kappa shape index (κ1) is 18.8. The Bertz CT molecular complexity index is 601. The second-order valence-corrected chi connectivity index (χ2v) is 11.4. The maximum Gasteiger partial charge on any atom is 0.317 e. The van der Waals surface area contributed by atoms with Gasteiger partial charge in [0.1, 0.15) is 0 Å². The SMILES string of the molecule is CC1(C)C2CC1[C@]1(C)OB([C@@H]3CCCN3C(=O)[C@@H](N)C(C)(C)C)C[C@@H]1C2. The second-order valence-electron chi connectivity index (χ2n) is 11.4. The van der Waals surface area contributed by atoms with Crippen molar-refractivity contribution in [3.05, 3.63) is 0 Å². The van der Waals surface area contributed by atoms with Crippen molar-refractivity contribution in [2.24, 2.45) is 34.3 Å². The van der Waals surface area contributed by atoms with E-state index in [1.54, 1.807) is 0 Å². The van der Waals surface area contributed by atoms with E-state index in [1.165, 1.54) is 12.8 Å². The van der Waals surface area contributed by atoms with Gasteiger partial charge in [0.25, 0.3) is 0 Å². The summed E-state index contributed by atoms with van der Waals surface area (Å²) in [5.41, 5.74) is 6.53. The molecule has 5 aliphatic rings. The number of carbonyl (C=O) groups is 1. The molecule has 2 bridgehead atoms. The van der Waals surface area contributed by atoms with Crippen LogP contribution in [0.25, 0.3) is 0 Å². The molecule has 6 atom stereocenters. The summed E-state index contributed by atoms with van der Waals surface area (Å²) in [4.78, 5) is 15.1. The van der Waals surface area contributed by atoms with Gasteiger partial charge in [-0.3, -0.25) is 4.79 Å². The molecule has 2 heterocycles. The summed E-state index contributed by atoms with van der Waals surface area (Å²) in [5, 5.41) is 0. The Morgan fingerprint density at radius 1 is 1.23 bits per heavy atom. The monoisotopic (exact) mass is 360 g/mol. The van der Waals surface area contributed by atoms with E-state index in [4.69, 9.17) is 10.4 Å². The Hall–Kier alpha value is -0.545. The van der Waals surface area contributed by atoms with Crippen LogP contribution in [0.4, 0.5) is 0 Å². The maximum absolute atomic E-state index is 13.1. The number of likely N-dealkylation sites (tertiary alicyclic amines) is 1. The molecule has 146 valence electrons. The lowest BCUT2D eigenvalue weighted by molar-refractivity contribution is -0.197. The third kappa shape index (κ3) is 2.52. The zero-order valence-electron chi connectivity index (χ0n) is 17.5. The highest BCUT2D eigenvalue weighted by atomic mass is 16.5. The van der Waals surface area contributed by atoms with Gasteiger partial charge in [-0.15, -0.1) is 0 Å². The standard InChI is InChI=1S/C21H37BN2O2/c1-19(2,3)17(23)18(25)24-9-7-8-16(24)22-12-14-10-13-11-15(20(13,4)5)21(14,6)26-22/h13-17H,7-12,23H2,1-6H3/t13?,14-,15?,16-,17+,21+/m0/s1. The van der Waals surface area contributed by atoms with Crippen LogP contribution in [-0.2, 0) is 9.45 Å². The summed E-state index contributed by atoms with van der Waals surface area (Å²) in [6.07, 6.45) is 5.89. The number of hydrogen-bond acceptors (Lipinski definition) is 3. The maximum atomic E-state index is 13.1.